The molecule has 0 N–H and O–H groups in total. The highest BCUT2D eigenvalue weighted by molar-refractivity contribution is 5.97. The van der Waals surface area contributed by atoms with Crippen molar-refractivity contribution in [3.05, 3.63) is 208 Å². The molecule has 52 heavy (non-hydrogen) atoms. The molecule has 252 valence electrons. The zero-order valence-electron chi connectivity index (χ0n) is 29.7. The Morgan fingerprint density at radius 2 is 0.923 bits per heavy atom. The second-order valence-electron chi connectivity index (χ2n) is 14.9. The van der Waals surface area contributed by atoms with Gasteiger partial charge in [-0.25, -0.2) is 0 Å². The van der Waals surface area contributed by atoms with Gasteiger partial charge in [0.1, 0.15) is 0 Å². The summed E-state index contributed by atoms with van der Waals surface area (Å²) >= 11 is 0. The fraction of sp³-hybridized carbons (Fsp3) is 0.176. The van der Waals surface area contributed by atoms with Crippen LogP contribution in [0.15, 0.2) is 164 Å². The van der Waals surface area contributed by atoms with Crippen molar-refractivity contribution in [2.45, 2.75) is 56.8 Å². The van der Waals surface area contributed by atoms with Gasteiger partial charge in [0.2, 0.25) is 0 Å². The van der Waals surface area contributed by atoms with Crippen molar-refractivity contribution in [1.29, 1.82) is 0 Å². The number of aryl methyl sites for hydroxylation is 2. The second-order valence-corrected chi connectivity index (χ2v) is 14.9. The minimum absolute atomic E-state index is 0.476. The zero-order valence-corrected chi connectivity index (χ0v) is 29.7. The van der Waals surface area contributed by atoms with Gasteiger partial charge in [0.15, 0.2) is 0 Å². The zero-order chi connectivity index (χ0) is 34.5. The van der Waals surface area contributed by atoms with Gasteiger partial charge in [-0.15, -0.1) is 0 Å². The molecule has 3 aliphatic rings. The van der Waals surface area contributed by atoms with E-state index in [2.05, 4.69) is 169 Å². The molecule has 0 fully saturated rings. The molecule has 0 heterocycles. The van der Waals surface area contributed by atoms with E-state index in [9.17, 15) is 0 Å². The monoisotopic (exact) mass is 669 g/mol. The predicted molar refractivity (Wildman–Crippen MR) is 217 cm³/mol. The topological polar surface area (TPSA) is 3.24 Å². The first-order valence-corrected chi connectivity index (χ1v) is 19.3. The molecular formula is C51H43N. The van der Waals surface area contributed by atoms with Crippen molar-refractivity contribution in [1.82, 2.24) is 0 Å². The van der Waals surface area contributed by atoms with Gasteiger partial charge in [-0.2, -0.15) is 0 Å². The van der Waals surface area contributed by atoms with Gasteiger partial charge >= 0.3 is 0 Å². The van der Waals surface area contributed by atoms with Crippen LogP contribution in [0.1, 0.15) is 70.2 Å². The van der Waals surface area contributed by atoms with Crippen LogP contribution in [0.2, 0.25) is 0 Å². The van der Waals surface area contributed by atoms with E-state index in [-0.39, 0.29) is 0 Å². The van der Waals surface area contributed by atoms with Crippen LogP contribution in [0.4, 0.5) is 17.1 Å². The van der Waals surface area contributed by atoms with Crippen LogP contribution < -0.4 is 4.90 Å². The molecule has 0 aromatic heterocycles. The molecule has 7 aromatic rings. The fourth-order valence-corrected chi connectivity index (χ4v) is 9.87. The van der Waals surface area contributed by atoms with Crippen LogP contribution in [-0.4, -0.2) is 0 Å². The Morgan fingerprint density at radius 1 is 0.365 bits per heavy atom. The first-order valence-electron chi connectivity index (χ1n) is 19.3. The average molecular weight is 670 g/mol. The summed E-state index contributed by atoms with van der Waals surface area (Å²) in [5.74, 6) is 0. The quantitative estimate of drug-likeness (QED) is 0.170. The molecule has 0 spiro atoms. The molecular weight excluding hydrogens is 627 g/mol. The molecule has 0 radical (unpaired) electrons. The largest absolute Gasteiger partial charge is 0.310 e. The lowest BCUT2D eigenvalue weighted by atomic mass is 9.67. The van der Waals surface area contributed by atoms with Crippen molar-refractivity contribution in [2.75, 3.05) is 4.90 Å². The van der Waals surface area contributed by atoms with Crippen LogP contribution in [-0.2, 0) is 31.1 Å². The van der Waals surface area contributed by atoms with Crippen LogP contribution in [0.25, 0.3) is 22.3 Å². The highest BCUT2D eigenvalue weighted by atomic mass is 15.1. The number of hydrogen-bond donors (Lipinski definition) is 0. The van der Waals surface area contributed by atoms with E-state index in [0.717, 1.165) is 25.7 Å². The van der Waals surface area contributed by atoms with Crippen LogP contribution >= 0.6 is 0 Å². The molecule has 0 aliphatic heterocycles. The van der Waals surface area contributed by atoms with Crippen LogP contribution in [0.3, 0.4) is 0 Å². The van der Waals surface area contributed by atoms with Crippen LogP contribution in [0, 0.1) is 0 Å². The molecule has 0 saturated heterocycles. The molecule has 0 amide bonds. The summed E-state index contributed by atoms with van der Waals surface area (Å²) in [6.07, 6.45) is 9.55. The number of benzene rings is 7. The summed E-state index contributed by atoms with van der Waals surface area (Å²) in [5, 5.41) is 0. The van der Waals surface area contributed by atoms with Crippen molar-refractivity contribution in [3.8, 4) is 22.3 Å². The third-order valence-corrected chi connectivity index (χ3v) is 12.1. The number of nitrogens with zero attached hydrogens (tertiary/aromatic N) is 1. The second kappa shape index (κ2) is 12.8. The van der Waals surface area contributed by atoms with E-state index < -0.39 is 5.41 Å². The Balaban J connectivity index is 1.36. The predicted octanol–water partition coefficient (Wildman–Crippen LogP) is 12.9. The number of rotatable bonds is 6. The van der Waals surface area contributed by atoms with Crippen LogP contribution in [0.5, 0.6) is 0 Å². The van der Waals surface area contributed by atoms with Gasteiger partial charge in [-0.1, -0.05) is 133 Å². The van der Waals surface area contributed by atoms with Crippen molar-refractivity contribution in [3.63, 3.8) is 0 Å². The molecule has 0 bridgehead atoms. The standard InChI is InChI=1S/C51H43N/c1-4-22-38(23-5-1)51(39-24-6-2-7-25-39)47-32-15-14-30-44(47)45-34-46(43-31-16-20-36-18-10-12-28-41(36)43)50(35-48(45)51)52(40-26-8-3-9-27-40)49-33-17-21-37-19-11-13-29-42(37)49/h1-9,14-17,20-27,30-35H,10-13,18-19,28-29H2. The maximum atomic E-state index is 2.62. The number of anilines is 3. The third kappa shape index (κ3) is 4.83. The number of hydrogen-bond acceptors (Lipinski definition) is 1. The van der Waals surface area contributed by atoms with Crippen molar-refractivity contribution in [2.24, 2.45) is 0 Å². The lowest BCUT2D eigenvalue weighted by Gasteiger charge is -2.36. The van der Waals surface area contributed by atoms with Gasteiger partial charge in [-0.3, -0.25) is 0 Å². The minimum Gasteiger partial charge on any atom is -0.310 e. The number of para-hydroxylation sites is 1. The smallest absolute Gasteiger partial charge is 0.0714 e. The Morgan fingerprint density at radius 3 is 1.63 bits per heavy atom. The molecule has 3 aliphatic carbocycles. The third-order valence-electron chi connectivity index (χ3n) is 12.1. The van der Waals surface area contributed by atoms with Gasteiger partial charge in [-0.05, 0) is 143 Å². The Bertz CT molecular complexity index is 2370. The molecule has 7 aromatic carbocycles. The lowest BCUT2D eigenvalue weighted by molar-refractivity contribution is 0.685. The normalized spacial score (nSPS) is 15.2. The summed E-state index contributed by atoms with van der Waals surface area (Å²) in [6.45, 7) is 0. The van der Waals surface area contributed by atoms with Gasteiger partial charge in [0, 0.05) is 16.9 Å². The Labute approximate surface area is 308 Å². The van der Waals surface area contributed by atoms with E-state index >= 15 is 0 Å². The fourth-order valence-electron chi connectivity index (χ4n) is 9.87. The summed E-state index contributed by atoms with van der Waals surface area (Å²) in [4.78, 5) is 2.62. The van der Waals surface area contributed by atoms with E-state index in [1.165, 1.54) is 110 Å². The molecule has 1 nitrogen and oxygen atoms in total. The molecule has 0 atom stereocenters. The summed E-state index contributed by atoms with van der Waals surface area (Å²) in [7, 11) is 0. The first kappa shape index (κ1) is 31.1. The summed E-state index contributed by atoms with van der Waals surface area (Å²) < 4.78 is 0. The van der Waals surface area contributed by atoms with Crippen molar-refractivity contribution >= 4 is 17.1 Å². The van der Waals surface area contributed by atoms with E-state index in [1.807, 2.05) is 0 Å². The van der Waals surface area contributed by atoms with Gasteiger partial charge in [0.25, 0.3) is 0 Å². The lowest BCUT2D eigenvalue weighted by Crippen LogP contribution is -2.29. The molecule has 10 rings (SSSR count). The molecule has 0 unspecified atom stereocenters. The van der Waals surface area contributed by atoms with Gasteiger partial charge in [0.05, 0.1) is 11.1 Å². The highest BCUT2D eigenvalue weighted by Crippen LogP contribution is 2.59. The molecule has 1 heteroatoms. The summed E-state index contributed by atoms with van der Waals surface area (Å²) in [5.41, 5.74) is 20.0. The Kier molecular flexibility index (Phi) is 7.68. The van der Waals surface area contributed by atoms with E-state index in [1.54, 1.807) is 0 Å². The SMILES string of the molecule is c1ccc(N(c2cc3c(cc2-c2cccc4c2CCCC4)-c2ccccc2C3(c2ccccc2)c2ccccc2)c2cccc3c2CCCC3)cc1. The summed E-state index contributed by atoms with van der Waals surface area (Å²) in [6, 6.07) is 62.1. The maximum Gasteiger partial charge on any atom is 0.0714 e. The molecule has 0 saturated carbocycles. The minimum atomic E-state index is -0.476. The van der Waals surface area contributed by atoms with Gasteiger partial charge < -0.3 is 4.90 Å². The van der Waals surface area contributed by atoms with E-state index in [0.29, 0.717) is 0 Å². The highest BCUT2D eigenvalue weighted by Gasteiger charge is 2.47. The Hall–Kier alpha value is -5.66. The van der Waals surface area contributed by atoms with E-state index in [4.69, 9.17) is 0 Å². The number of fused-ring (bicyclic) bond motifs is 5. The average Bonchev–Trinajstić information content (AvgIpc) is 3.51. The van der Waals surface area contributed by atoms with Crippen molar-refractivity contribution < 1.29 is 0 Å². The first-order chi connectivity index (χ1) is 25.8. The maximum absolute atomic E-state index is 2.62.